The summed E-state index contributed by atoms with van der Waals surface area (Å²) in [6, 6.07) is 8.97. The second-order valence-electron chi connectivity index (χ2n) is 4.27. The molecule has 0 aliphatic carbocycles. The van der Waals surface area contributed by atoms with E-state index >= 15 is 0 Å². The Morgan fingerprint density at radius 2 is 2.24 bits per heavy atom. The highest BCUT2D eigenvalue weighted by molar-refractivity contribution is 7.14. The number of hydrogen-bond donors (Lipinski definition) is 2. The number of nitrogens with one attached hydrogen (secondary N) is 1. The van der Waals surface area contributed by atoms with Crippen LogP contribution in [-0.4, -0.2) is 24.7 Å². The van der Waals surface area contributed by atoms with Crippen LogP contribution in [0.15, 0.2) is 30.3 Å². The minimum absolute atomic E-state index is 0.187. The summed E-state index contributed by atoms with van der Waals surface area (Å²) in [5.41, 5.74) is 1.60. The molecule has 5 heteroatoms. The van der Waals surface area contributed by atoms with Crippen LogP contribution in [0.2, 0.25) is 0 Å². The van der Waals surface area contributed by atoms with E-state index in [1.54, 1.807) is 25.3 Å². The number of aryl methyl sites for hydroxylation is 1. The second-order valence-corrected chi connectivity index (χ2v) is 5.32. The molecule has 1 aromatic carbocycles. The van der Waals surface area contributed by atoms with Gasteiger partial charge in [0.05, 0.1) is 16.9 Å². The average molecular weight is 301 g/mol. The van der Waals surface area contributed by atoms with Crippen LogP contribution in [0.25, 0.3) is 0 Å². The van der Waals surface area contributed by atoms with Gasteiger partial charge < -0.3 is 15.2 Å². The van der Waals surface area contributed by atoms with Crippen LogP contribution in [0.4, 0.5) is 5.69 Å². The van der Waals surface area contributed by atoms with Crippen molar-refractivity contribution < 1.29 is 14.6 Å². The van der Waals surface area contributed by atoms with Crippen molar-refractivity contribution in [2.45, 2.75) is 6.92 Å². The van der Waals surface area contributed by atoms with Crippen molar-refractivity contribution in [2.24, 2.45) is 0 Å². The fourth-order valence-electron chi connectivity index (χ4n) is 1.73. The standard InChI is InChI=1S/C16H15NO3S/c1-11-9-15(21-14(11)7-4-8-18)16(19)17-12-5-3-6-13(10-12)20-2/h3,5-6,9-10,18H,8H2,1-2H3,(H,17,19). The normalized spacial score (nSPS) is 9.67. The fourth-order valence-corrected chi connectivity index (χ4v) is 2.67. The van der Waals surface area contributed by atoms with Crippen LogP contribution in [0.1, 0.15) is 20.1 Å². The van der Waals surface area contributed by atoms with Gasteiger partial charge >= 0.3 is 0 Å². The van der Waals surface area contributed by atoms with E-state index in [0.717, 1.165) is 10.4 Å². The number of ether oxygens (including phenoxy) is 1. The van der Waals surface area contributed by atoms with Crippen molar-refractivity contribution in [3.05, 3.63) is 45.6 Å². The predicted octanol–water partition coefficient (Wildman–Crippen LogP) is 2.66. The quantitative estimate of drug-likeness (QED) is 0.857. The van der Waals surface area contributed by atoms with Crippen LogP contribution in [0.5, 0.6) is 5.75 Å². The molecule has 0 spiro atoms. The van der Waals surface area contributed by atoms with Gasteiger partial charge in [-0.1, -0.05) is 17.9 Å². The molecule has 4 nitrogen and oxygen atoms in total. The number of carbonyl (C=O) groups is 1. The number of aliphatic hydroxyl groups is 1. The van der Waals surface area contributed by atoms with Gasteiger partial charge in [0.15, 0.2) is 0 Å². The number of rotatable bonds is 3. The number of anilines is 1. The SMILES string of the molecule is COc1cccc(NC(=O)c2cc(C)c(C#CCO)s2)c1. The molecule has 0 saturated carbocycles. The molecule has 0 aliphatic heterocycles. The van der Waals surface area contributed by atoms with E-state index in [1.165, 1.54) is 11.3 Å². The lowest BCUT2D eigenvalue weighted by Gasteiger charge is -2.05. The Balaban J connectivity index is 2.16. The van der Waals surface area contributed by atoms with Crippen molar-refractivity contribution in [3.63, 3.8) is 0 Å². The molecule has 0 aliphatic rings. The zero-order valence-corrected chi connectivity index (χ0v) is 12.6. The van der Waals surface area contributed by atoms with Crippen LogP contribution in [0, 0.1) is 18.8 Å². The lowest BCUT2D eigenvalue weighted by Crippen LogP contribution is -2.10. The summed E-state index contributed by atoms with van der Waals surface area (Å²) in [7, 11) is 1.58. The second kappa shape index (κ2) is 6.93. The molecular formula is C16H15NO3S. The van der Waals surface area contributed by atoms with Crippen molar-refractivity contribution >= 4 is 22.9 Å². The molecule has 1 heterocycles. The Hall–Kier alpha value is -2.29. The van der Waals surface area contributed by atoms with Gasteiger partial charge in [-0.05, 0) is 30.7 Å². The zero-order chi connectivity index (χ0) is 15.2. The van der Waals surface area contributed by atoms with E-state index in [4.69, 9.17) is 9.84 Å². The van der Waals surface area contributed by atoms with Gasteiger partial charge in [0.25, 0.3) is 5.91 Å². The minimum atomic E-state index is -0.192. The van der Waals surface area contributed by atoms with Gasteiger partial charge in [0, 0.05) is 11.8 Å². The third-order valence-electron chi connectivity index (χ3n) is 2.75. The maximum absolute atomic E-state index is 12.2. The zero-order valence-electron chi connectivity index (χ0n) is 11.8. The Kier molecular flexibility index (Phi) is 4.99. The Morgan fingerprint density at radius 1 is 1.43 bits per heavy atom. The van der Waals surface area contributed by atoms with Crippen LogP contribution >= 0.6 is 11.3 Å². The van der Waals surface area contributed by atoms with Crippen molar-refractivity contribution in [1.82, 2.24) is 0 Å². The van der Waals surface area contributed by atoms with E-state index in [2.05, 4.69) is 17.2 Å². The Bertz CT molecular complexity index is 710. The van der Waals surface area contributed by atoms with Gasteiger partial charge in [-0.2, -0.15) is 0 Å². The topological polar surface area (TPSA) is 58.6 Å². The lowest BCUT2D eigenvalue weighted by atomic mass is 10.2. The first-order valence-corrected chi connectivity index (χ1v) is 7.11. The van der Waals surface area contributed by atoms with Crippen LogP contribution in [-0.2, 0) is 0 Å². The number of benzene rings is 1. The molecule has 0 radical (unpaired) electrons. The summed E-state index contributed by atoms with van der Waals surface area (Å²) in [6.07, 6.45) is 0. The van der Waals surface area contributed by atoms with Gasteiger partial charge in [0.1, 0.15) is 12.4 Å². The van der Waals surface area contributed by atoms with E-state index in [0.29, 0.717) is 16.3 Å². The molecule has 0 bridgehead atoms. The number of hydrogen-bond acceptors (Lipinski definition) is 4. The minimum Gasteiger partial charge on any atom is -0.497 e. The first kappa shape index (κ1) is 15.1. The third-order valence-corrected chi connectivity index (χ3v) is 3.90. The molecule has 2 aromatic rings. The highest BCUT2D eigenvalue weighted by Crippen LogP contribution is 2.23. The first-order valence-electron chi connectivity index (χ1n) is 6.29. The third kappa shape index (κ3) is 3.85. The number of methoxy groups -OCH3 is 1. The number of aliphatic hydroxyl groups excluding tert-OH is 1. The maximum Gasteiger partial charge on any atom is 0.265 e. The van der Waals surface area contributed by atoms with E-state index < -0.39 is 0 Å². The Morgan fingerprint density at radius 3 is 2.95 bits per heavy atom. The smallest absolute Gasteiger partial charge is 0.265 e. The van der Waals surface area contributed by atoms with Crippen molar-refractivity contribution in [1.29, 1.82) is 0 Å². The highest BCUT2D eigenvalue weighted by Gasteiger charge is 2.12. The largest absolute Gasteiger partial charge is 0.497 e. The molecule has 0 fully saturated rings. The summed E-state index contributed by atoms with van der Waals surface area (Å²) < 4.78 is 5.12. The van der Waals surface area contributed by atoms with Gasteiger partial charge in [-0.15, -0.1) is 11.3 Å². The van der Waals surface area contributed by atoms with Crippen molar-refractivity contribution in [3.8, 4) is 17.6 Å². The summed E-state index contributed by atoms with van der Waals surface area (Å²) >= 11 is 1.31. The van der Waals surface area contributed by atoms with Gasteiger partial charge in [-0.25, -0.2) is 0 Å². The monoisotopic (exact) mass is 301 g/mol. The van der Waals surface area contributed by atoms with Crippen LogP contribution in [0.3, 0.4) is 0 Å². The summed E-state index contributed by atoms with van der Waals surface area (Å²) in [5, 5.41) is 11.5. The highest BCUT2D eigenvalue weighted by atomic mass is 32.1. The van der Waals surface area contributed by atoms with Gasteiger partial charge in [-0.3, -0.25) is 4.79 Å². The predicted molar refractivity (Wildman–Crippen MR) is 84.0 cm³/mol. The fraction of sp³-hybridized carbons (Fsp3) is 0.188. The summed E-state index contributed by atoms with van der Waals surface area (Å²) in [5.74, 6) is 5.93. The number of carbonyl (C=O) groups excluding carboxylic acids is 1. The molecule has 1 amide bonds. The van der Waals surface area contributed by atoms with Crippen LogP contribution < -0.4 is 10.1 Å². The summed E-state index contributed by atoms with van der Waals surface area (Å²) in [6.45, 7) is 1.70. The molecule has 108 valence electrons. The van der Waals surface area contributed by atoms with E-state index in [-0.39, 0.29) is 12.5 Å². The molecule has 0 saturated heterocycles. The average Bonchev–Trinajstić information content (AvgIpc) is 2.86. The number of amides is 1. The molecule has 1 aromatic heterocycles. The van der Waals surface area contributed by atoms with Gasteiger partial charge in [0.2, 0.25) is 0 Å². The Labute approximate surface area is 127 Å². The molecule has 0 unspecified atom stereocenters. The molecule has 0 atom stereocenters. The molecular weight excluding hydrogens is 286 g/mol. The lowest BCUT2D eigenvalue weighted by molar-refractivity contribution is 0.103. The molecule has 2 rings (SSSR count). The van der Waals surface area contributed by atoms with Crippen molar-refractivity contribution in [2.75, 3.05) is 19.0 Å². The maximum atomic E-state index is 12.2. The molecule has 2 N–H and O–H groups in total. The summed E-state index contributed by atoms with van der Waals surface area (Å²) in [4.78, 5) is 13.6. The first-order chi connectivity index (χ1) is 10.1. The van der Waals surface area contributed by atoms with E-state index in [9.17, 15) is 4.79 Å². The van der Waals surface area contributed by atoms with E-state index in [1.807, 2.05) is 19.1 Å². The molecule has 21 heavy (non-hydrogen) atoms. The number of thiophene rings is 1.